The molecule has 0 aliphatic carbocycles. The van der Waals surface area contributed by atoms with Gasteiger partial charge < -0.3 is 19.3 Å². The molecule has 17 heavy (non-hydrogen) atoms. The fourth-order valence-electron chi connectivity index (χ4n) is 1.66. The number of rotatable bonds is 2. The molecule has 98 valence electrons. The summed E-state index contributed by atoms with van der Waals surface area (Å²) in [6, 6.07) is 0. The molecular weight excluding hydrogens is 235 g/mol. The smallest absolute Gasteiger partial charge is 0.303 e. The molecule has 1 saturated heterocycles. The number of aliphatic hydroxyl groups is 1. The second kappa shape index (κ2) is 5.42. The van der Waals surface area contributed by atoms with Gasteiger partial charge in [-0.05, 0) is 6.92 Å². The van der Waals surface area contributed by atoms with Gasteiger partial charge in [0.25, 0.3) is 0 Å². The molecular formula is C10H15FO6. The van der Waals surface area contributed by atoms with E-state index in [1.54, 1.807) is 0 Å². The van der Waals surface area contributed by atoms with Gasteiger partial charge in [0.05, 0.1) is 6.10 Å². The summed E-state index contributed by atoms with van der Waals surface area (Å²) in [7, 11) is 0. The van der Waals surface area contributed by atoms with Crippen LogP contribution >= 0.6 is 0 Å². The first-order chi connectivity index (χ1) is 7.82. The van der Waals surface area contributed by atoms with Crippen molar-refractivity contribution < 1.29 is 33.3 Å². The van der Waals surface area contributed by atoms with Gasteiger partial charge in [-0.3, -0.25) is 9.59 Å². The van der Waals surface area contributed by atoms with Crippen molar-refractivity contribution in [2.45, 2.75) is 51.5 Å². The van der Waals surface area contributed by atoms with Crippen LogP contribution in [0.1, 0.15) is 20.8 Å². The molecule has 1 aliphatic heterocycles. The minimum atomic E-state index is -1.96. The number of esters is 2. The van der Waals surface area contributed by atoms with Crippen LogP contribution in [0.5, 0.6) is 0 Å². The number of ether oxygens (including phenoxy) is 3. The van der Waals surface area contributed by atoms with Gasteiger partial charge in [0, 0.05) is 13.8 Å². The minimum Gasteiger partial charge on any atom is -0.456 e. The Balaban J connectivity index is 2.86. The standard InChI is InChI=1S/C10H15FO6/c1-4-8(16-5(2)12)9(17-6(3)13)7(11)10(14)15-4/h4,7-10,14H,1-3H3/t4-,7-,8-,9-,10+/m0/s1. The average molecular weight is 250 g/mol. The number of carbonyl (C=O) groups excluding carboxylic acids is 2. The lowest BCUT2D eigenvalue weighted by atomic mass is 10.0. The highest BCUT2D eigenvalue weighted by atomic mass is 19.1. The summed E-state index contributed by atoms with van der Waals surface area (Å²) in [5.41, 5.74) is 0. The number of aliphatic hydroxyl groups excluding tert-OH is 1. The predicted octanol–water partition coefficient (Wildman–Crippen LogP) is -0.0750. The maximum atomic E-state index is 13.6. The maximum absolute atomic E-state index is 13.6. The predicted molar refractivity (Wildman–Crippen MR) is 52.6 cm³/mol. The molecule has 0 saturated carbocycles. The second-order valence-corrected chi connectivity index (χ2v) is 3.82. The molecule has 0 radical (unpaired) electrons. The lowest BCUT2D eigenvalue weighted by Gasteiger charge is -2.39. The van der Waals surface area contributed by atoms with Gasteiger partial charge in [-0.2, -0.15) is 0 Å². The molecule has 0 aromatic rings. The molecule has 0 spiro atoms. The van der Waals surface area contributed by atoms with Crippen LogP contribution in [0, 0.1) is 0 Å². The van der Waals surface area contributed by atoms with Crippen LogP contribution < -0.4 is 0 Å². The summed E-state index contributed by atoms with van der Waals surface area (Å²) in [4.78, 5) is 21.7. The van der Waals surface area contributed by atoms with E-state index in [1.807, 2.05) is 0 Å². The van der Waals surface area contributed by atoms with Crippen molar-refractivity contribution in [2.24, 2.45) is 0 Å². The summed E-state index contributed by atoms with van der Waals surface area (Å²) in [5, 5.41) is 9.25. The van der Waals surface area contributed by atoms with E-state index < -0.39 is 42.7 Å². The average Bonchev–Trinajstić information content (AvgIpc) is 2.19. The Labute approximate surface area is 97.6 Å². The molecule has 0 aromatic carbocycles. The third-order valence-corrected chi connectivity index (χ3v) is 2.33. The van der Waals surface area contributed by atoms with E-state index in [0.717, 1.165) is 13.8 Å². The summed E-state index contributed by atoms with van der Waals surface area (Å²) in [5.74, 6) is -1.37. The van der Waals surface area contributed by atoms with E-state index in [4.69, 9.17) is 14.2 Å². The van der Waals surface area contributed by atoms with Crippen LogP contribution in [0.25, 0.3) is 0 Å². The molecule has 1 fully saturated rings. The van der Waals surface area contributed by atoms with E-state index in [1.165, 1.54) is 6.92 Å². The van der Waals surface area contributed by atoms with E-state index >= 15 is 0 Å². The first-order valence-corrected chi connectivity index (χ1v) is 5.15. The van der Waals surface area contributed by atoms with Crippen molar-refractivity contribution >= 4 is 11.9 Å². The molecule has 1 rings (SSSR count). The first-order valence-electron chi connectivity index (χ1n) is 5.15. The van der Waals surface area contributed by atoms with Crippen LogP contribution in [0.15, 0.2) is 0 Å². The molecule has 1 aliphatic rings. The molecule has 6 nitrogen and oxygen atoms in total. The van der Waals surface area contributed by atoms with Crippen molar-refractivity contribution in [1.82, 2.24) is 0 Å². The van der Waals surface area contributed by atoms with E-state index in [9.17, 15) is 19.1 Å². The summed E-state index contributed by atoms with van der Waals surface area (Å²) >= 11 is 0. The SMILES string of the molecule is CC(=O)O[C@@H]1[C@@H](OC(C)=O)[C@H](F)[C@H](O)O[C@H]1C. The Hall–Kier alpha value is -1.21. The highest BCUT2D eigenvalue weighted by Crippen LogP contribution is 2.27. The molecule has 1 heterocycles. The Kier molecular flexibility index (Phi) is 4.41. The largest absolute Gasteiger partial charge is 0.456 e. The van der Waals surface area contributed by atoms with Gasteiger partial charge in [-0.25, -0.2) is 4.39 Å². The quantitative estimate of drug-likeness (QED) is 0.690. The lowest BCUT2D eigenvalue weighted by molar-refractivity contribution is -0.269. The summed E-state index contributed by atoms with van der Waals surface area (Å²) < 4.78 is 28.0. The zero-order valence-corrected chi connectivity index (χ0v) is 9.75. The third-order valence-electron chi connectivity index (χ3n) is 2.33. The van der Waals surface area contributed by atoms with Crippen LogP contribution in [0.2, 0.25) is 0 Å². The van der Waals surface area contributed by atoms with Crippen molar-refractivity contribution in [1.29, 1.82) is 0 Å². The minimum absolute atomic E-state index is 0.647. The number of carbonyl (C=O) groups is 2. The Morgan fingerprint density at radius 1 is 1.18 bits per heavy atom. The fourth-order valence-corrected chi connectivity index (χ4v) is 1.66. The molecule has 0 bridgehead atoms. The number of hydrogen-bond donors (Lipinski definition) is 1. The topological polar surface area (TPSA) is 82.1 Å². The van der Waals surface area contributed by atoms with E-state index in [2.05, 4.69) is 0 Å². The van der Waals surface area contributed by atoms with Gasteiger partial charge in [-0.1, -0.05) is 0 Å². The Morgan fingerprint density at radius 3 is 2.12 bits per heavy atom. The van der Waals surface area contributed by atoms with Gasteiger partial charge in [0.1, 0.15) is 0 Å². The third kappa shape index (κ3) is 3.37. The number of halogens is 1. The maximum Gasteiger partial charge on any atom is 0.303 e. The molecule has 0 aromatic heterocycles. The highest BCUT2D eigenvalue weighted by molar-refractivity contribution is 5.67. The molecule has 7 heteroatoms. The first kappa shape index (κ1) is 13.9. The van der Waals surface area contributed by atoms with Gasteiger partial charge in [0.2, 0.25) is 0 Å². The lowest BCUT2D eigenvalue weighted by Crippen LogP contribution is -2.57. The van der Waals surface area contributed by atoms with Crippen molar-refractivity contribution in [2.75, 3.05) is 0 Å². The fraction of sp³-hybridized carbons (Fsp3) is 0.800. The molecule has 5 atom stereocenters. The van der Waals surface area contributed by atoms with Gasteiger partial charge >= 0.3 is 11.9 Å². The highest BCUT2D eigenvalue weighted by Gasteiger charge is 2.48. The van der Waals surface area contributed by atoms with Gasteiger partial charge in [-0.15, -0.1) is 0 Å². The van der Waals surface area contributed by atoms with Crippen LogP contribution in [0.3, 0.4) is 0 Å². The van der Waals surface area contributed by atoms with Crippen LogP contribution in [-0.2, 0) is 23.8 Å². The number of hydrogen-bond acceptors (Lipinski definition) is 6. The molecule has 0 unspecified atom stereocenters. The molecule has 0 amide bonds. The zero-order valence-electron chi connectivity index (χ0n) is 9.75. The Morgan fingerprint density at radius 2 is 1.65 bits per heavy atom. The normalized spacial score (nSPS) is 37.4. The van der Waals surface area contributed by atoms with Crippen molar-refractivity contribution in [3.05, 3.63) is 0 Å². The van der Waals surface area contributed by atoms with E-state index in [-0.39, 0.29) is 0 Å². The van der Waals surface area contributed by atoms with Crippen LogP contribution in [0.4, 0.5) is 4.39 Å². The van der Waals surface area contributed by atoms with Crippen LogP contribution in [-0.4, -0.2) is 47.8 Å². The zero-order chi connectivity index (χ0) is 13.2. The summed E-state index contributed by atoms with van der Waals surface area (Å²) in [6.07, 6.45) is -6.88. The van der Waals surface area contributed by atoms with Crippen molar-refractivity contribution in [3.8, 4) is 0 Å². The van der Waals surface area contributed by atoms with Gasteiger partial charge in [0.15, 0.2) is 24.7 Å². The number of alkyl halides is 1. The summed E-state index contributed by atoms with van der Waals surface area (Å²) in [6.45, 7) is 3.74. The second-order valence-electron chi connectivity index (χ2n) is 3.82. The Bertz CT molecular complexity index is 307. The monoisotopic (exact) mass is 250 g/mol. The van der Waals surface area contributed by atoms with E-state index in [0.29, 0.717) is 0 Å². The molecule has 1 N–H and O–H groups in total. The van der Waals surface area contributed by atoms with Crippen molar-refractivity contribution in [3.63, 3.8) is 0 Å².